The van der Waals surface area contributed by atoms with Crippen molar-refractivity contribution in [3.63, 3.8) is 0 Å². The van der Waals surface area contributed by atoms with Gasteiger partial charge in [-0.2, -0.15) is 10.2 Å². The van der Waals surface area contributed by atoms with E-state index in [0.717, 1.165) is 28.6 Å². The van der Waals surface area contributed by atoms with Crippen LogP contribution in [-0.2, 0) is 6.54 Å². The van der Waals surface area contributed by atoms with E-state index in [1.54, 1.807) is 0 Å². The van der Waals surface area contributed by atoms with Crippen LogP contribution in [0.4, 0.5) is 17.1 Å². The number of benzene rings is 2. The van der Waals surface area contributed by atoms with Crippen LogP contribution in [0.3, 0.4) is 0 Å². The molecule has 10 heteroatoms. The first kappa shape index (κ1) is 20.6. The minimum absolute atomic E-state index is 0.0594. The molecule has 0 unspecified atom stereocenters. The summed E-state index contributed by atoms with van der Waals surface area (Å²) >= 11 is 0. The second kappa shape index (κ2) is 8.52. The number of nitrogens with zero attached hydrogens (tertiary/aromatic N) is 5. The Morgan fingerprint density at radius 1 is 1.07 bits per heavy atom. The number of anilines is 1. The zero-order valence-corrected chi connectivity index (χ0v) is 16.7. The largest absolute Gasteiger partial charge is 0.301 e. The number of hydrogen-bond acceptors (Lipinski definition) is 7. The molecule has 0 spiro atoms. The third-order valence-electron chi connectivity index (χ3n) is 4.66. The van der Waals surface area contributed by atoms with Crippen molar-refractivity contribution >= 4 is 23.3 Å². The molecule has 0 fully saturated rings. The topological polar surface area (TPSA) is 128 Å². The third kappa shape index (κ3) is 4.49. The Bertz CT molecular complexity index is 1130. The Morgan fingerprint density at radius 2 is 1.77 bits per heavy atom. The maximum absolute atomic E-state index is 11.2. The monoisotopic (exact) mass is 408 g/mol. The number of aryl methyl sites for hydroxylation is 2. The lowest BCUT2D eigenvalue weighted by molar-refractivity contribution is -0.393. The van der Waals surface area contributed by atoms with Crippen LogP contribution in [0.15, 0.2) is 47.6 Å². The molecule has 0 atom stereocenters. The number of nitrogens with one attached hydrogen (secondary N) is 1. The molecule has 1 heterocycles. The molecule has 3 aromatic rings. The molecular weight excluding hydrogens is 388 g/mol. The van der Waals surface area contributed by atoms with E-state index in [1.165, 1.54) is 23.9 Å². The SMILES string of the molecule is Cc1ccc(Cn2nc(C)c(/C=N\Nc3ccc([N+](=O)[O-])cc3[N+](=O)[O-])c2C)cc1. The van der Waals surface area contributed by atoms with E-state index < -0.39 is 15.5 Å². The van der Waals surface area contributed by atoms with Crippen LogP contribution in [0.1, 0.15) is 28.1 Å². The molecular formula is C20H20N6O4. The van der Waals surface area contributed by atoms with Crippen LogP contribution in [0.25, 0.3) is 0 Å². The fourth-order valence-electron chi connectivity index (χ4n) is 2.96. The number of aromatic nitrogens is 2. The predicted molar refractivity (Wildman–Crippen MR) is 113 cm³/mol. The van der Waals surface area contributed by atoms with Gasteiger partial charge in [-0.1, -0.05) is 29.8 Å². The maximum atomic E-state index is 11.2. The molecule has 0 radical (unpaired) electrons. The molecule has 0 bridgehead atoms. The van der Waals surface area contributed by atoms with Crippen LogP contribution in [0.5, 0.6) is 0 Å². The highest BCUT2D eigenvalue weighted by atomic mass is 16.6. The van der Waals surface area contributed by atoms with Crippen molar-refractivity contribution in [3.05, 3.63) is 90.8 Å². The standard InChI is InChI=1S/C20H20N6O4/c1-13-4-6-16(7-5-13)12-24-15(3)18(14(2)23-24)11-21-22-19-9-8-17(25(27)28)10-20(19)26(29)30/h4-11,22H,12H2,1-3H3/b21-11-. The van der Waals surface area contributed by atoms with E-state index in [9.17, 15) is 20.2 Å². The average molecular weight is 408 g/mol. The first-order chi connectivity index (χ1) is 14.3. The Hall–Kier alpha value is -4.08. The van der Waals surface area contributed by atoms with Gasteiger partial charge in [-0.15, -0.1) is 0 Å². The van der Waals surface area contributed by atoms with Crippen molar-refractivity contribution in [2.75, 3.05) is 5.43 Å². The number of nitro benzene ring substituents is 2. The van der Waals surface area contributed by atoms with E-state index in [1.807, 2.05) is 37.6 Å². The van der Waals surface area contributed by atoms with Gasteiger partial charge >= 0.3 is 5.69 Å². The van der Waals surface area contributed by atoms with E-state index in [2.05, 4.69) is 27.8 Å². The van der Waals surface area contributed by atoms with Gasteiger partial charge in [0.2, 0.25) is 0 Å². The third-order valence-corrected chi connectivity index (χ3v) is 4.66. The number of nitro groups is 2. The molecule has 2 aromatic carbocycles. The zero-order valence-electron chi connectivity index (χ0n) is 16.7. The molecule has 154 valence electrons. The average Bonchev–Trinajstić information content (AvgIpc) is 2.97. The first-order valence-corrected chi connectivity index (χ1v) is 9.07. The van der Waals surface area contributed by atoms with Gasteiger partial charge in [0, 0.05) is 17.3 Å². The maximum Gasteiger partial charge on any atom is 0.301 e. The van der Waals surface area contributed by atoms with Crippen LogP contribution in [0.2, 0.25) is 0 Å². The van der Waals surface area contributed by atoms with Crippen LogP contribution in [-0.4, -0.2) is 25.8 Å². The molecule has 0 aliphatic heterocycles. The number of non-ortho nitro benzene ring substituents is 1. The summed E-state index contributed by atoms with van der Waals surface area (Å²) in [5.74, 6) is 0. The first-order valence-electron chi connectivity index (χ1n) is 9.07. The van der Waals surface area contributed by atoms with Crippen molar-refractivity contribution in [2.45, 2.75) is 27.3 Å². The van der Waals surface area contributed by atoms with Crippen LogP contribution < -0.4 is 5.43 Å². The molecule has 1 aromatic heterocycles. The molecule has 30 heavy (non-hydrogen) atoms. The summed E-state index contributed by atoms with van der Waals surface area (Å²) in [6.07, 6.45) is 1.54. The quantitative estimate of drug-likeness (QED) is 0.356. The summed E-state index contributed by atoms with van der Waals surface area (Å²) in [4.78, 5) is 20.7. The highest BCUT2D eigenvalue weighted by molar-refractivity contribution is 5.83. The Balaban J connectivity index is 1.80. The normalized spacial score (nSPS) is 11.0. The van der Waals surface area contributed by atoms with E-state index in [0.29, 0.717) is 6.54 Å². The fraction of sp³-hybridized carbons (Fsp3) is 0.200. The van der Waals surface area contributed by atoms with Crippen molar-refractivity contribution in [2.24, 2.45) is 5.10 Å². The smallest absolute Gasteiger partial charge is 0.272 e. The van der Waals surface area contributed by atoms with Gasteiger partial charge in [0.25, 0.3) is 5.69 Å². The van der Waals surface area contributed by atoms with Crippen LogP contribution >= 0.6 is 0 Å². The molecule has 0 amide bonds. The Kier molecular flexibility index (Phi) is 5.86. The number of hydrogen-bond donors (Lipinski definition) is 1. The minimum atomic E-state index is -0.693. The van der Waals surface area contributed by atoms with Gasteiger partial charge in [0.05, 0.1) is 34.4 Å². The van der Waals surface area contributed by atoms with Crippen LogP contribution in [0, 0.1) is 41.0 Å². The summed E-state index contributed by atoms with van der Waals surface area (Å²) in [7, 11) is 0. The Labute approximate surface area is 172 Å². The summed E-state index contributed by atoms with van der Waals surface area (Å²) in [6, 6.07) is 11.5. The molecule has 3 rings (SSSR count). The lowest BCUT2D eigenvalue weighted by atomic mass is 10.1. The van der Waals surface area contributed by atoms with Crippen molar-refractivity contribution < 1.29 is 9.85 Å². The van der Waals surface area contributed by atoms with E-state index in [-0.39, 0.29) is 11.4 Å². The second-order valence-electron chi connectivity index (χ2n) is 6.81. The van der Waals surface area contributed by atoms with Crippen molar-refractivity contribution in [3.8, 4) is 0 Å². The summed E-state index contributed by atoms with van der Waals surface area (Å²) in [5, 5.41) is 30.7. The van der Waals surface area contributed by atoms with Crippen molar-refractivity contribution in [1.82, 2.24) is 9.78 Å². The van der Waals surface area contributed by atoms with Gasteiger partial charge in [0.1, 0.15) is 5.69 Å². The molecule has 1 N–H and O–H groups in total. The summed E-state index contributed by atoms with van der Waals surface area (Å²) < 4.78 is 1.87. The highest BCUT2D eigenvalue weighted by Crippen LogP contribution is 2.28. The van der Waals surface area contributed by atoms with Gasteiger partial charge in [-0.05, 0) is 32.4 Å². The molecule has 0 saturated heterocycles. The fourth-order valence-corrected chi connectivity index (χ4v) is 2.96. The number of rotatable bonds is 7. The minimum Gasteiger partial charge on any atom is -0.272 e. The molecule has 0 saturated carbocycles. The van der Waals surface area contributed by atoms with E-state index >= 15 is 0 Å². The van der Waals surface area contributed by atoms with Gasteiger partial charge in [-0.25, -0.2) is 0 Å². The predicted octanol–water partition coefficient (Wildman–Crippen LogP) is 4.12. The van der Waals surface area contributed by atoms with E-state index in [4.69, 9.17) is 0 Å². The summed E-state index contributed by atoms with van der Waals surface area (Å²) in [6.45, 7) is 6.42. The lowest BCUT2D eigenvalue weighted by Gasteiger charge is -2.05. The molecule has 0 aliphatic carbocycles. The lowest BCUT2D eigenvalue weighted by Crippen LogP contribution is -2.04. The van der Waals surface area contributed by atoms with Gasteiger partial charge < -0.3 is 0 Å². The molecule has 0 aliphatic rings. The van der Waals surface area contributed by atoms with Gasteiger partial charge in [0.15, 0.2) is 0 Å². The highest BCUT2D eigenvalue weighted by Gasteiger charge is 2.19. The van der Waals surface area contributed by atoms with Crippen molar-refractivity contribution in [1.29, 1.82) is 0 Å². The second-order valence-corrected chi connectivity index (χ2v) is 6.81. The summed E-state index contributed by atoms with van der Waals surface area (Å²) in [5.41, 5.74) is 6.63. The Morgan fingerprint density at radius 3 is 2.40 bits per heavy atom. The molecule has 10 nitrogen and oxygen atoms in total. The number of hydrazone groups is 1. The zero-order chi connectivity index (χ0) is 21.8. The van der Waals surface area contributed by atoms with Gasteiger partial charge in [-0.3, -0.25) is 30.3 Å².